The second-order valence-electron chi connectivity index (χ2n) is 5.49. The van der Waals surface area contributed by atoms with E-state index in [0.29, 0.717) is 32.2 Å². The summed E-state index contributed by atoms with van der Waals surface area (Å²) in [4.78, 5) is 11.6. The fourth-order valence-corrected chi connectivity index (χ4v) is 3.91. The molecule has 3 aliphatic rings. The van der Waals surface area contributed by atoms with Crippen molar-refractivity contribution in [2.24, 2.45) is 11.3 Å². The van der Waals surface area contributed by atoms with Gasteiger partial charge >= 0.3 is 5.97 Å². The lowest BCUT2D eigenvalue weighted by molar-refractivity contribution is -0.146. The fraction of sp³-hybridized carbons (Fsp3) is 0.786. The number of hydrogen-bond acceptors (Lipinski definition) is 4. The van der Waals surface area contributed by atoms with Crippen LogP contribution in [-0.2, 0) is 19.0 Å². The molecule has 0 unspecified atom stereocenters. The highest BCUT2D eigenvalue weighted by Crippen LogP contribution is 2.59. The largest absolute Gasteiger partial charge is 0.466 e. The number of carbonyl (C=O) groups excluding carboxylic acids is 1. The first-order valence-electron chi connectivity index (χ1n) is 6.75. The minimum absolute atomic E-state index is 0.0167. The van der Waals surface area contributed by atoms with Crippen LogP contribution in [0.2, 0.25) is 0 Å². The van der Waals surface area contributed by atoms with Crippen molar-refractivity contribution in [1.82, 2.24) is 0 Å². The first-order chi connectivity index (χ1) is 8.68. The van der Waals surface area contributed by atoms with Gasteiger partial charge in [0.05, 0.1) is 38.4 Å². The van der Waals surface area contributed by atoms with Crippen LogP contribution in [-0.4, -0.2) is 38.0 Å². The topological polar surface area (TPSA) is 44.8 Å². The van der Waals surface area contributed by atoms with E-state index in [1.54, 1.807) is 0 Å². The molecule has 0 amide bonds. The highest BCUT2D eigenvalue weighted by molar-refractivity contribution is 5.70. The Labute approximate surface area is 107 Å². The van der Waals surface area contributed by atoms with Crippen LogP contribution in [0.3, 0.4) is 0 Å². The van der Waals surface area contributed by atoms with E-state index in [4.69, 9.17) is 14.2 Å². The van der Waals surface area contributed by atoms with Crippen molar-refractivity contribution < 1.29 is 19.0 Å². The van der Waals surface area contributed by atoms with E-state index in [9.17, 15) is 4.79 Å². The lowest BCUT2D eigenvalue weighted by Gasteiger charge is -2.28. The van der Waals surface area contributed by atoms with Crippen LogP contribution in [0.1, 0.15) is 26.2 Å². The molecule has 0 bridgehead atoms. The van der Waals surface area contributed by atoms with Crippen molar-refractivity contribution in [3.05, 3.63) is 12.2 Å². The molecule has 0 N–H and O–H groups in total. The normalized spacial score (nSPS) is 41.8. The Morgan fingerprint density at radius 1 is 1.50 bits per heavy atom. The van der Waals surface area contributed by atoms with Gasteiger partial charge in [-0.3, -0.25) is 4.79 Å². The molecule has 1 saturated carbocycles. The van der Waals surface area contributed by atoms with Crippen LogP contribution in [0.25, 0.3) is 0 Å². The van der Waals surface area contributed by atoms with Crippen molar-refractivity contribution in [2.45, 2.75) is 38.4 Å². The van der Waals surface area contributed by atoms with Crippen LogP contribution in [0.4, 0.5) is 0 Å². The van der Waals surface area contributed by atoms with Gasteiger partial charge in [0.2, 0.25) is 0 Å². The lowest BCUT2D eigenvalue weighted by Crippen LogP contribution is -2.34. The predicted octanol–water partition coefficient (Wildman–Crippen LogP) is 1.69. The van der Waals surface area contributed by atoms with Crippen LogP contribution in [0, 0.1) is 11.3 Å². The molecule has 1 aliphatic carbocycles. The molecule has 0 aromatic heterocycles. The molecule has 18 heavy (non-hydrogen) atoms. The summed E-state index contributed by atoms with van der Waals surface area (Å²) in [5, 5.41) is 0. The maximum Gasteiger partial charge on any atom is 0.308 e. The van der Waals surface area contributed by atoms with E-state index >= 15 is 0 Å². The van der Waals surface area contributed by atoms with Crippen molar-refractivity contribution in [3.8, 4) is 0 Å². The molecule has 0 aromatic rings. The molecule has 4 nitrogen and oxygen atoms in total. The Bertz CT molecular complexity index is 378. The Morgan fingerprint density at radius 3 is 3.11 bits per heavy atom. The zero-order chi connectivity index (χ0) is 12.8. The Balaban J connectivity index is 1.74. The molecule has 100 valence electrons. The third-order valence-corrected chi connectivity index (χ3v) is 4.75. The molecular formula is C14H20O4. The molecule has 0 aromatic carbocycles. The summed E-state index contributed by atoms with van der Waals surface area (Å²) in [5.74, 6) is 0.217. The number of ether oxygens (including phenoxy) is 3. The van der Waals surface area contributed by atoms with E-state index < -0.39 is 0 Å². The fourth-order valence-electron chi connectivity index (χ4n) is 3.91. The third kappa shape index (κ3) is 1.55. The second kappa shape index (κ2) is 4.35. The summed E-state index contributed by atoms with van der Waals surface area (Å²) in [6.07, 6.45) is 2.72. The van der Waals surface area contributed by atoms with Gasteiger partial charge in [0.15, 0.2) is 0 Å². The molecular weight excluding hydrogens is 232 g/mol. The highest BCUT2D eigenvalue weighted by Gasteiger charge is 2.62. The van der Waals surface area contributed by atoms with Gasteiger partial charge < -0.3 is 14.2 Å². The van der Waals surface area contributed by atoms with E-state index in [1.165, 1.54) is 0 Å². The molecule has 2 saturated heterocycles. The molecule has 1 spiro atoms. The number of esters is 1. The zero-order valence-corrected chi connectivity index (χ0v) is 10.8. The summed E-state index contributed by atoms with van der Waals surface area (Å²) < 4.78 is 16.7. The van der Waals surface area contributed by atoms with Crippen LogP contribution < -0.4 is 0 Å². The van der Waals surface area contributed by atoms with Gasteiger partial charge in [-0.2, -0.15) is 0 Å². The monoisotopic (exact) mass is 252 g/mol. The standard InChI is InChI=1S/C14H20O4/c1-3-16-13(15)6-11-10-4-5-12-14(10,8-18-11)9(2)7-17-12/h10-12H,2-8H2,1H3/t10-,11+,12+,14-/m1/s1. The van der Waals surface area contributed by atoms with Gasteiger partial charge in [-0.05, 0) is 31.3 Å². The van der Waals surface area contributed by atoms with Gasteiger partial charge in [-0.15, -0.1) is 0 Å². The third-order valence-electron chi connectivity index (χ3n) is 4.75. The molecule has 3 fully saturated rings. The quantitative estimate of drug-likeness (QED) is 0.566. The Kier molecular flexibility index (Phi) is 2.94. The van der Waals surface area contributed by atoms with E-state index in [2.05, 4.69) is 6.58 Å². The maximum absolute atomic E-state index is 11.6. The van der Waals surface area contributed by atoms with Crippen LogP contribution in [0.15, 0.2) is 12.2 Å². The van der Waals surface area contributed by atoms with Gasteiger partial charge in [0.1, 0.15) is 0 Å². The molecule has 2 heterocycles. The molecule has 3 rings (SSSR count). The number of carbonyl (C=O) groups is 1. The smallest absolute Gasteiger partial charge is 0.308 e. The van der Waals surface area contributed by atoms with Crippen molar-refractivity contribution in [3.63, 3.8) is 0 Å². The van der Waals surface area contributed by atoms with E-state index in [0.717, 1.165) is 18.4 Å². The molecule has 4 atom stereocenters. The van der Waals surface area contributed by atoms with Crippen molar-refractivity contribution in [2.75, 3.05) is 19.8 Å². The molecule has 2 aliphatic heterocycles. The van der Waals surface area contributed by atoms with Crippen molar-refractivity contribution in [1.29, 1.82) is 0 Å². The Morgan fingerprint density at radius 2 is 2.33 bits per heavy atom. The van der Waals surface area contributed by atoms with Crippen molar-refractivity contribution >= 4 is 5.97 Å². The number of rotatable bonds is 3. The van der Waals surface area contributed by atoms with Gasteiger partial charge in [-0.1, -0.05) is 6.58 Å². The van der Waals surface area contributed by atoms with Gasteiger partial charge in [0.25, 0.3) is 0 Å². The summed E-state index contributed by atoms with van der Waals surface area (Å²) in [5.41, 5.74) is 1.14. The lowest BCUT2D eigenvalue weighted by atomic mass is 9.72. The van der Waals surface area contributed by atoms with Crippen LogP contribution >= 0.6 is 0 Å². The first-order valence-corrected chi connectivity index (χ1v) is 6.75. The highest BCUT2D eigenvalue weighted by atomic mass is 16.5. The first kappa shape index (κ1) is 12.2. The maximum atomic E-state index is 11.6. The van der Waals surface area contributed by atoms with Gasteiger partial charge in [0, 0.05) is 5.41 Å². The van der Waals surface area contributed by atoms with E-state index in [1.807, 2.05) is 6.92 Å². The average Bonchev–Trinajstić information content (AvgIpc) is 2.94. The summed E-state index contributed by atoms with van der Waals surface area (Å²) in [6.45, 7) is 7.72. The summed E-state index contributed by atoms with van der Waals surface area (Å²) >= 11 is 0. The Hall–Kier alpha value is -0.870. The second-order valence-corrected chi connectivity index (χ2v) is 5.49. The molecule has 4 heteroatoms. The minimum Gasteiger partial charge on any atom is -0.466 e. The average molecular weight is 252 g/mol. The van der Waals surface area contributed by atoms with E-state index in [-0.39, 0.29) is 23.6 Å². The SMILES string of the molecule is C=C1CO[C@H]2CC[C@@H]3[C@H](CC(=O)OCC)OC[C@]123. The minimum atomic E-state index is -0.160. The molecule has 0 radical (unpaired) electrons. The summed E-state index contributed by atoms with van der Waals surface area (Å²) in [6, 6.07) is 0. The summed E-state index contributed by atoms with van der Waals surface area (Å²) in [7, 11) is 0. The number of hydrogen-bond donors (Lipinski definition) is 0. The zero-order valence-electron chi connectivity index (χ0n) is 10.8. The van der Waals surface area contributed by atoms with Gasteiger partial charge in [-0.25, -0.2) is 0 Å². The van der Waals surface area contributed by atoms with Crippen LogP contribution in [0.5, 0.6) is 0 Å². The predicted molar refractivity (Wildman–Crippen MR) is 65.0 cm³/mol.